The Morgan fingerprint density at radius 1 is 0.783 bits per heavy atom. The summed E-state index contributed by atoms with van der Waals surface area (Å²) in [6.45, 7) is 6.40. The average molecular weight is 649 g/mol. The van der Waals surface area contributed by atoms with Crippen LogP contribution in [0.1, 0.15) is 32.0 Å². The smallest absolute Gasteiger partial charge is 0.444 e. The predicted molar refractivity (Wildman–Crippen MR) is 180 cm³/mol. The van der Waals surface area contributed by atoms with Crippen LogP contribution in [-0.4, -0.2) is 34.3 Å². The molecule has 46 heavy (non-hydrogen) atoms. The van der Waals surface area contributed by atoms with Gasteiger partial charge in [-0.1, -0.05) is 84.9 Å². The Bertz CT molecular complexity index is 1550. The third-order valence-corrected chi connectivity index (χ3v) is 11.5. The monoisotopic (exact) mass is 649 g/mol. The summed E-state index contributed by atoms with van der Waals surface area (Å²) in [4.78, 5) is 18.3. The molecule has 1 heterocycles. The topological polar surface area (TPSA) is 56.1 Å². The van der Waals surface area contributed by atoms with Crippen molar-refractivity contribution >= 4 is 36.5 Å². The molecule has 1 atom stereocenters. The Hall–Kier alpha value is -4.43. The van der Waals surface area contributed by atoms with E-state index in [2.05, 4.69) is 101 Å². The molecule has 0 bridgehead atoms. The molecule has 240 valence electrons. The Morgan fingerprint density at radius 3 is 1.61 bits per heavy atom. The molecule has 0 fully saturated rings. The lowest BCUT2D eigenvalue weighted by Gasteiger charge is -2.35. The highest BCUT2D eigenvalue weighted by atomic mass is 31.2. The molecule has 1 N–H and O–H groups in total. The largest absolute Gasteiger partial charge is 0.673 e. The van der Waals surface area contributed by atoms with Crippen molar-refractivity contribution in [3.63, 3.8) is 0 Å². The maximum atomic E-state index is 13.5. The molecule has 4 aromatic carbocycles. The normalized spacial score (nSPS) is 12.4. The molecule has 0 aliphatic heterocycles. The van der Waals surface area contributed by atoms with Crippen molar-refractivity contribution in [2.24, 2.45) is 0 Å². The van der Waals surface area contributed by atoms with E-state index in [1.54, 1.807) is 0 Å². The van der Waals surface area contributed by atoms with Crippen LogP contribution in [0, 0.1) is 0 Å². The summed E-state index contributed by atoms with van der Waals surface area (Å²) in [6, 6.07) is 42.0. The van der Waals surface area contributed by atoms with Crippen molar-refractivity contribution in [2.75, 3.05) is 0 Å². The number of carbonyl (C=O) groups excluding carboxylic acids is 1. The fraction of sp³-hybridized carbons (Fsp3) is 0.200. The number of ether oxygens (including phenoxy) is 1. The molecule has 5 rings (SSSR count). The number of halogens is 4. The first-order chi connectivity index (χ1) is 21.8. The van der Waals surface area contributed by atoms with Crippen molar-refractivity contribution in [2.45, 2.75) is 45.1 Å². The molecular formula is C35H37BF4N3O2P. The van der Waals surface area contributed by atoms with Gasteiger partial charge in [-0.25, -0.2) is 9.78 Å². The summed E-state index contributed by atoms with van der Waals surface area (Å²) < 4.78 is 46.9. The molecule has 0 saturated carbocycles. The maximum Gasteiger partial charge on any atom is 0.673 e. The minimum Gasteiger partial charge on any atom is -0.444 e. The van der Waals surface area contributed by atoms with Gasteiger partial charge in [-0.05, 0) is 62.7 Å². The molecule has 0 radical (unpaired) electrons. The molecule has 1 amide bonds. The van der Waals surface area contributed by atoms with Gasteiger partial charge in [0.2, 0.25) is 0 Å². The second-order valence-corrected chi connectivity index (χ2v) is 15.2. The van der Waals surface area contributed by atoms with Gasteiger partial charge < -0.3 is 26.6 Å². The van der Waals surface area contributed by atoms with Crippen LogP contribution < -0.4 is 21.2 Å². The van der Waals surface area contributed by atoms with Gasteiger partial charge in [-0.15, -0.1) is 0 Å². The van der Waals surface area contributed by atoms with Gasteiger partial charge in [0.05, 0.1) is 12.0 Å². The number of alkyl carbamates (subject to hydrolysis) is 1. The van der Waals surface area contributed by atoms with Crippen molar-refractivity contribution < 1.29 is 26.8 Å². The van der Waals surface area contributed by atoms with E-state index in [1.165, 1.54) is 21.5 Å². The summed E-state index contributed by atoms with van der Waals surface area (Å²) in [7, 11) is -8.47. The van der Waals surface area contributed by atoms with Crippen LogP contribution in [0.5, 0.6) is 0 Å². The molecular weight excluding hydrogens is 612 g/mol. The number of benzene rings is 4. The lowest BCUT2D eigenvalue weighted by molar-refractivity contribution is 0.0521. The van der Waals surface area contributed by atoms with Gasteiger partial charge in [0.15, 0.2) is 5.78 Å². The first kappa shape index (κ1) is 34.4. The molecule has 0 aliphatic rings. The number of carbonyl (C=O) groups is 1. The minimum absolute atomic E-state index is 0.315. The number of aromatic nitrogens is 2. The summed E-state index contributed by atoms with van der Waals surface area (Å²) >= 11 is 0. The number of rotatable bonds is 9. The molecule has 5 nitrogen and oxygen atoms in total. The Labute approximate surface area is 268 Å². The summed E-state index contributed by atoms with van der Waals surface area (Å²) in [5, 5.41) is 6.90. The third kappa shape index (κ3) is 9.79. The van der Waals surface area contributed by atoms with Crippen LogP contribution >= 0.6 is 7.26 Å². The van der Waals surface area contributed by atoms with Gasteiger partial charge in [0.1, 0.15) is 28.8 Å². The maximum absolute atomic E-state index is 13.5. The Balaban J connectivity index is 0.000000892. The van der Waals surface area contributed by atoms with Gasteiger partial charge in [-0.3, -0.25) is 5.32 Å². The molecule has 0 unspecified atom stereocenters. The number of amides is 1. The fourth-order valence-electron chi connectivity index (χ4n) is 5.30. The molecule has 0 spiro atoms. The predicted octanol–water partition coefficient (Wildman–Crippen LogP) is 7.62. The van der Waals surface area contributed by atoms with Crippen molar-refractivity contribution in [1.82, 2.24) is 14.9 Å². The zero-order valence-electron chi connectivity index (χ0n) is 25.9. The van der Waals surface area contributed by atoms with Crippen LogP contribution in [-0.2, 0) is 17.7 Å². The Morgan fingerprint density at radius 2 is 1.20 bits per heavy atom. The average Bonchev–Trinajstić information content (AvgIpc) is 3.44. The van der Waals surface area contributed by atoms with Crippen LogP contribution in [0.2, 0.25) is 0 Å². The van der Waals surface area contributed by atoms with Crippen LogP contribution in [0.4, 0.5) is 22.1 Å². The van der Waals surface area contributed by atoms with E-state index in [1.807, 2.05) is 63.5 Å². The van der Waals surface area contributed by atoms with Crippen LogP contribution in [0.25, 0.3) is 0 Å². The zero-order chi connectivity index (χ0) is 33.2. The lowest BCUT2D eigenvalue weighted by Crippen LogP contribution is -2.49. The van der Waals surface area contributed by atoms with Crippen molar-refractivity contribution in [3.8, 4) is 0 Å². The summed E-state index contributed by atoms with van der Waals surface area (Å²) in [6.07, 6.45) is 4.07. The van der Waals surface area contributed by atoms with Gasteiger partial charge in [-0.2, -0.15) is 0 Å². The van der Waals surface area contributed by atoms with Crippen molar-refractivity contribution in [3.05, 3.63) is 145 Å². The van der Waals surface area contributed by atoms with E-state index in [-0.39, 0.29) is 5.78 Å². The van der Waals surface area contributed by atoms with E-state index in [9.17, 15) is 22.1 Å². The first-order valence-corrected chi connectivity index (χ1v) is 16.7. The van der Waals surface area contributed by atoms with Crippen LogP contribution in [0.3, 0.4) is 0 Å². The standard InChI is InChI=1S/C35H36N3O2P.BF4/c1-35(2,3)40-34(39)37-33(24-29-26-38(27-36-29)25-28-16-8-4-9-17-28)41(30-18-10-5-11-19-30,31-20-12-6-13-21-31)32-22-14-7-15-23-32;2-1(3,4)5/h4-23,26-27,33H,24-25H2,1-3H3;/q;-1/p+1/t33-;/m0./s1. The van der Waals surface area contributed by atoms with E-state index in [4.69, 9.17) is 9.72 Å². The molecule has 11 heteroatoms. The van der Waals surface area contributed by atoms with Crippen molar-refractivity contribution in [1.29, 1.82) is 0 Å². The lowest BCUT2D eigenvalue weighted by atomic mass is 10.2. The second kappa shape index (κ2) is 15.2. The zero-order valence-corrected chi connectivity index (χ0v) is 26.8. The first-order valence-electron chi connectivity index (χ1n) is 14.8. The second-order valence-electron chi connectivity index (χ2n) is 11.6. The molecule has 5 aromatic rings. The summed E-state index contributed by atoms with van der Waals surface area (Å²) in [5.41, 5.74) is 1.49. The highest BCUT2D eigenvalue weighted by Crippen LogP contribution is 2.59. The highest BCUT2D eigenvalue weighted by Gasteiger charge is 2.53. The highest BCUT2D eigenvalue weighted by molar-refractivity contribution is 7.96. The third-order valence-electron chi connectivity index (χ3n) is 6.94. The quantitative estimate of drug-likeness (QED) is 0.102. The van der Waals surface area contributed by atoms with Gasteiger partial charge in [0, 0.05) is 19.2 Å². The van der Waals surface area contributed by atoms with Gasteiger partial charge >= 0.3 is 13.3 Å². The molecule has 1 aromatic heterocycles. The number of nitrogens with zero attached hydrogens (tertiary/aromatic N) is 2. The number of hydrogen-bond donors (Lipinski definition) is 1. The fourth-order valence-corrected chi connectivity index (χ4v) is 9.96. The van der Waals surface area contributed by atoms with Crippen LogP contribution in [0.15, 0.2) is 134 Å². The summed E-state index contributed by atoms with van der Waals surface area (Å²) in [5.74, 6) is -0.315. The molecule has 0 saturated heterocycles. The van der Waals surface area contributed by atoms with E-state index in [0.717, 1.165) is 12.2 Å². The number of imidazole rings is 1. The van der Waals surface area contributed by atoms with E-state index >= 15 is 0 Å². The van der Waals surface area contributed by atoms with E-state index < -0.39 is 26.2 Å². The Kier molecular flexibility index (Phi) is 11.4. The SMILES string of the molecule is CC(C)(C)OC(=O)N[C@H](Cc1cn(Cc2ccccc2)cn1)[P+](c1ccccc1)(c1ccccc1)c1ccccc1.F[B-](F)(F)F. The minimum atomic E-state index is -6.00. The number of hydrogen-bond acceptors (Lipinski definition) is 3. The number of nitrogens with one attached hydrogen (secondary N) is 1. The molecule has 0 aliphatic carbocycles. The van der Waals surface area contributed by atoms with Gasteiger partial charge in [0.25, 0.3) is 0 Å². The van der Waals surface area contributed by atoms with E-state index in [0.29, 0.717) is 6.42 Å².